The van der Waals surface area contributed by atoms with Gasteiger partial charge < -0.3 is 24.4 Å². The summed E-state index contributed by atoms with van der Waals surface area (Å²) in [6.45, 7) is 3.36. The van der Waals surface area contributed by atoms with Crippen molar-refractivity contribution in [2.24, 2.45) is 0 Å². The van der Waals surface area contributed by atoms with E-state index in [4.69, 9.17) is 19.3 Å². The highest BCUT2D eigenvalue weighted by atomic mass is 16.5. The van der Waals surface area contributed by atoms with Crippen molar-refractivity contribution in [3.05, 3.63) is 90.4 Å². The van der Waals surface area contributed by atoms with Gasteiger partial charge in [-0.15, -0.1) is 5.10 Å². The first kappa shape index (κ1) is 20.6. The van der Waals surface area contributed by atoms with Crippen LogP contribution in [0.3, 0.4) is 0 Å². The van der Waals surface area contributed by atoms with Crippen molar-refractivity contribution in [2.75, 3.05) is 36.5 Å². The normalized spacial score (nSPS) is 18.0. The van der Waals surface area contributed by atoms with E-state index in [-0.39, 0.29) is 0 Å². The minimum Gasteiger partial charge on any atom is -0.465 e. The lowest BCUT2D eigenvalue weighted by atomic mass is 10.0. The van der Waals surface area contributed by atoms with Crippen LogP contribution in [0.2, 0.25) is 0 Å². The van der Waals surface area contributed by atoms with Gasteiger partial charge in [0.25, 0.3) is 0 Å². The summed E-state index contributed by atoms with van der Waals surface area (Å²) in [5, 5.41) is 8.00. The lowest BCUT2D eigenvalue weighted by Crippen LogP contribution is -2.36. The minimum absolute atomic E-state index is 0.497. The van der Waals surface area contributed by atoms with E-state index in [1.165, 1.54) is 5.69 Å². The largest absolute Gasteiger partial charge is 0.465 e. The number of benzene rings is 1. The first-order valence-electron chi connectivity index (χ1n) is 11.5. The molecule has 4 heterocycles. The molecule has 0 unspecified atom stereocenters. The van der Waals surface area contributed by atoms with E-state index in [1.54, 1.807) is 18.7 Å². The van der Waals surface area contributed by atoms with Gasteiger partial charge in [-0.25, -0.2) is 9.50 Å². The van der Waals surface area contributed by atoms with Gasteiger partial charge in [-0.05, 0) is 54.8 Å². The second kappa shape index (κ2) is 9.07. The van der Waals surface area contributed by atoms with Gasteiger partial charge in [-0.1, -0.05) is 18.2 Å². The molecule has 8 heteroatoms. The van der Waals surface area contributed by atoms with Crippen LogP contribution in [0.1, 0.15) is 18.5 Å². The van der Waals surface area contributed by atoms with Gasteiger partial charge in [0.1, 0.15) is 18.2 Å². The fourth-order valence-corrected chi connectivity index (χ4v) is 4.24. The standard InChI is InChI=1S/C26H25N5O3/c1-2-4-19(5-3-1)24-17-33-18-25(34-24)23-11-10-22-16-27-26(29-31(22)23)28-20-6-8-21(9-7-20)30-12-14-32-15-13-30/h1-2,4,6-11,16-18H,3,5,12-15H2,(H,28,29). The van der Waals surface area contributed by atoms with Crippen molar-refractivity contribution >= 4 is 28.6 Å². The summed E-state index contributed by atoms with van der Waals surface area (Å²) in [5.41, 5.74) is 4.88. The molecular weight excluding hydrogens is 430 g/mol. The molecule has 1 fully saturated rings. The number of hydrogen-bond acceptors (Lipinski definition) is 7. The lowest BCUT2D eigenvalue weighted by molar-refractivity contribution is 0.122. The fraction of sp³-hybridized carbons (Fsp3) is 0.231. The van der Waals surface area contributed by atoms with Crippen LogP contribution >= 0.6 is 0 Å². The molecule has 3 aliphatic rings. The number of allylic oxidation sites excluding steroid dienone is 4. The van der Waals surface area contributed by atoms with Gasteiger partial charge >= 0.3 is 0 Å². The zero-order valence-corrected chi connectivity index (χ0v) is 18.7. The van der Waals surface area contributed by atoms with Crippen molar-refractivity contribution in [1.29, 1.82) is 0 Å². The quantitative estimate of drug-likeness (QED) is 0.594. The highest BCUT2D eigenvalue weighted by Gasteiger charge is 2.19. The predicted octanol–water partition coefficient (Wildman–Crippen LogP) is 4.77. The number of aromatic nitrogens is 3. The number of ether oxygens (including phenoxy) is 3. The molecule has 8 nitrogen and oxygen atoms in total. The Labute approximate surface area is 197 Å². The number of fused-ring (bicyclic) bond motifs is 1. The summed E-state index contributed by atoms with van der Waals surface area (Å²) in [7, 11) is 0. The topological polar surface area (TPSA) is 73.2 Å². The summed E-state index contributed by atoms with van der Waals surface area (Å²) < 4.78 is 19.0. The van der Waals surface area contributed by atoms with E-state index in [2.05, 4.69) is 39.5 Å². The molecule has 0 atom stereocenters. The summed E-state index contributed by atoms with van der Waals surface area (Å²) in [4.78, 5) is 6.80. The Balaban J connectivity index is 1.21. The van der Waals surface area contributed by atoms with Crippen LogP contribution in [0.4, 0.5) is 17.3 Å². The molecule has 1 aromatic carbocycles. The van der Waals surface area contributed by atoms with Crippen molar-refractivity contribution < 1.29 is 14.2 Å². The van der Waals surface area contributed by atoms with E-state index in [0.29, 0.717) is 11.7 Å². The maximum Gasteiger partial charge on any atom is 0.245 e. The van der Waals surface area contributed by atoms with Gasteiger partial charge in [-0.2, -0.15) is 0 Å². The maximum absolute atomic E-state index is 6.19. The molecule has 0 saturated carbocycles. The second-order valence-electron chi connectivity index (χ2n) is 8.27. The Morgan fingerprint density at radius 1 is 0.941 bits per heavy atom. The molecule has 0 radical (unpaired) electrons. The zero-order valence-electron chi connectivity index (χ0n) is 18.7. The molecule has 2 aliphatic heterocycles. The molecule has 34 heavy (non-hydrogen) atoms. The second-order valence-corrected chi connectivity index (χ2v) is 8.27. The third-order valence-electron chi connectivity index (χ3n) is 6.05. The molecular formula is C26H25N5O3. The van der Waals surface area contributed by atoms with E-state index >= 15 is 0 Å². The van der Waals surface area contributed by atoms with Gasteiger partial charge in [0.15, 0.2) is 11.5 Å². The monoisotopic (exact) mass is 455 g/mol. The summed E-state index contributed by atoms with van der Waals surface area (Å²) in [6, 6.07) is 12.2. The van der Waals surface area contributed by atoms with E-state index in [0.717, 1.165) is 67.4 Å². The highest BCUT2D eigenvalue weighted by Crippen LogP contribution is 2.31. The number of anilines is 3. The average molecular weight is 456 g/mol. The number of nitrogens with one attached hydrogen (secondary N) is 1. The number of nitrogens with zero attached hydrogens (tertiary/aromatic N) is 4. The van der Waals surface area contributed by atoms with E-state index < -0.39 is 0 Å². The molecule has 6 rings (SSSR count). The average Bonchev–Trinajstić information content (AvgIpc) is 3.34. The van der Waals surface area contributed by atoms with E-state index in [9.17, 15) is 0 Å². The van der Waals surface area contributed by atoms with Crippen LogP contribution in [0.15, 0.2) is 84.7 Å². The fourth-order valence-electron chi connectivity index (χ4n) is 4.24. The predicted molar refractivity (Wildman–Crippen MR) is 130 cm³/mol. The Hall–Kier alpha value is -4.04. The van der Waals surface area contributed by atoms with Crippen molar-refractivity contribution in [2.45, 2.75) is 12.8 Å². The molecule has 3 aromatic rings. The summed E-state index contributed by atoms with van der Waals surface area (Å²) in [6.07, 6.45) is 13.2. The molecule has 172 valence electrons. The third kappa shape index (κ3) is 4.15. The molecule has 0 bridgehead atoms. The van der Waals surface area contributed by atoms with Gasteiger partial charge in [0.05, 0.1) is 24.9 Å². The number of hydrogen-bond donors (Lipinski definition) is 1. The maximum atomic E-state index is 6.19. The van der Waals surface area contributed by atoms with Crippen molar-refractivity contribution in [3.63, 3.8) is 0 Å². The third-order valence-corrected chi connectivity index (χ3v) is 6.05. The first-order chi connectivity index (χ1) is 16.8. The van der Waals surface area contributed by atoms with Crippen LogP contribution in [0, 0.1) is 0 Å². The van der Waals surface area contributed by atoms with Gasteiger partial charge in [0.2, 0.25) is 5.95 Å². The van der Waals surface area contributed by atoms with Crippen LogP contribution in [-0.2, 0) is 14.2 Å². The molecule has 1 saturated heterocycles. The Morgan fingerprint density at radius 3 is 2.62 bits per heavy atom. The minimum atomic E-state index is 0.497. The number of morpholine rings is 1. The summed E-state index contributed by atoms with van der Waals surface area (Å²) in [5.74, 6) is 1.83. The van der Waals surface area contributed by atoms with Crippen LogP contribution in [-0.4, -0.2) is 40.9 Å². The zero-order chi connectivity index (χ0) is 22.7. The lowest BCUT2D eigenvalue weighted by Gasteiger charge is -2.28. The molecule has 1 aliphatic carbocycles. The van der Waals surface area contributed by atoms with Crippen LogP contribution in [0.25, 0.3) is 11.3 Å². The Bertz CT molecular complexity index is 1310. The molecule has 1 N–H and O–H groups in total. The molecule has 0 amide bonds. The molecule has 0 spiro atoms. The Kier molecular flexibility index (Phi) is 5.48. The van der Waals surface area contributed by atoms with Crippen LogP contribution in [0.5, 0.6) is 0 Å². The smallest absolute Gasteiger partial charge is 0.245 e. The highest BCUT2D eigenvalue weighted by molar-refractivity contribution is 5.65. The van der Waals surface area contributed by atoms with Crippen LogP contribution < -0.4 is 10.2 Å². The van der Waals surface area contributed by atoms with E-state index in [1.807, 2.05) is 34.9 Å². The van der Waals surface area contributed by atoms with Gasteiger partial charge in [0, 0.05) is 24.5 Å². The molecule has 2 aromatic heterocycles. The summed E-state index contributed by atoms with van der Waals surface area (Å²) >= 11 is 0. The van der Waals surface area contributed by atoms with Crippen molar-refractivity contribution in [3.8, 4) is 0 Å². The number of rotatable bonds is 5. The SMILES string of the molecule is C1=CCCC(C2=COC=C(c3ccc4cnc(Nc5ccc(N6CCOCC6)cc5)nn34)O2)=C1. The van der Waals surface area contributed by atoms with Gasteiger partial charge in [-0.3, -0.25) is 0 Å². The van der Waals surface area contributed by atoms with Crippen molar-refractivity contribution in [1.82, 2.24) is 14.6 Å². The first-order valence-corrected chi connectivity index (χ1v) is 11.5. The Morgan fingerprint density at radius 2 is 1.79 bits per heavy atom.